The summed E-state index contributed by atoms with van der Waals surface area (Å²) in [5, 5.41) is 8.84. The Morgan fingerprint density at radius 1 is 1.40 bits per heavy atom. The van der Waals surface area contributed by atoms with Crippen molar-refractivity contribution in [3.63, 3.8) is 0 Å². The van der Waals surface area contributed by atoms with Crippen LogP contribution < -0.4 is 5.32 Å². The molecule has 4 heteroatoms. The van der Waals surface area contributed by atoms with Gasteiger partial charge in [0.1, 0.15) is 0 Å². The summed E-state index contributed by atoms with van der Waals surface area (Å²) in [6.45, 7) is 2.10. The van der Waals surface area contributed by atoms with Crippen LogP contribution >= 0.6 is 11.6 Å². The Morgan fingerprint density at radius 2 is 2.10 bits per heavy atom. The zero-order valence-corrected chi connectivity index (χ0v) is 13.8. The Labute approximate surface area is 128 Å². The van der Waals surface area contributed by atoms with Crippen molar-refractivity contribution >= 4 is 11.6 Å². The van der Waals surface area contributed by atoms with Gasteiger partial charge in [0.2, 0.25) is 0 Å². The molecule has 3 nitrogen and oxygen atoms in total. The van der Waals surface area contributed by atoms with Gasteiger partial charge in [-0.2, -0.15) is 5.10 Å². The van der Waals surface area contributed by atoms with Crippen LogP contribution in [0.25, 0.3) is 0 Å². The summed E-state index contributed by atoms with van der Waals surface area (Å²) >= 11 is 6.45. The lowest BCUT2D eigenvalue weighted by molar-refractivity contribution is 0.413. The highest BCUT2D eigenvalue weighted by Crippen LogP contribution is 2.30. The molecule has 0 radical (unpaired) electrons. The first kappa shape index (κ1) is 15.8. The minimum atomic E-state index is 0.508. The molecule has 1 N–H and O–H groups in total. The lowest BCUT2D eigenvalue weighted by Gasteiger charge is -2.18. The van der Waals surface area contributed by atoms with Crippen molar-refractivity contribution in [3.05, 3.63) is 16.4 Å². The molecule has 1 heterocycles. The third-order valence-corrected chi connectivity index (χ3v) is 5.19. The first-order chi connectivity index (χ1) is 9.65. The van der Waals surface area contributed by atoms with E-state index in [2.05, 4.69) is 24.4 Å². The summed E-state index contributed by atoms with van der Waals surface area (Å²) in [5.74, 6) is 0.957. The van der Waals surface area contributed by atoms with E-state index in [0.29, 0.717) is 6.04 Å². The van der Waals surface area contributed by atoms with Crippen LogP contribution in [0.2, 0.25) is 5.02 Å². The number of aryl methyl sites for hydroxylation is 2. The second kappa shape index (κ2) is 7.46. The number of nitrogens with one attached hydrogen (secondary N) is 1. The average Bonchev–Trinajstić information content (AvgIpc) is 3.05. The van der Waals surface area contributed by atoms with Crippen LogP contribution in [0.1, 0.15) is 56.8 Å². The van der Waals surface area contributed by atoms with Gasteiger partial charge in [-0.1, -0.05) is 44.2 Å². The maximum atomic E-state index is 6.45. The number of halogens is 1. The first-order valence-corrected chi connectivity index (χ1v) is 8.41. The largest absolute Gasteiger partial charge is 0.317 e. The normalized spacial score (nSPS) is 17.8. The van der Waals surface area contributed by atoms with Crippen LogP contribution in [-0.2, 0) is 19.9 Å². The van der Waals surface area contributed by atoms with E-state index in [1.54, 1.807) is 0 Å². The van der Waals surface area contributed by atoms with Crippen molar-refractivity contribution in [1.29, 1.82) is 0 Å². The molecular weight excluding hydrogens is 270 g/mol. The average molecular weight is 298 g/mol. The number of hydrogen-bond donors (Lipinski definition) is 1. The van der Waals surface area contributed by atoms with Crippen LogP contribution in [0.3, 0.4) is 0 Å². The van der Waals surface area contributed by atoms with E-state index in [1.807, 2.05) is 11.7 Å². The Morgan fingerprint density at radius 3 is 2.65 bits per heavy atom. The summed E-state index contributed by atoms with van der Waals surface area (Å²) in [6.07, 6.45) is 10.2. The molecule has 0 saturated heterocycles. The third-order valence-electron chi connectivity index (χ3n) is 4.75. The molecule has 0 amide bonds. The fourth-order valence-corrected chi connectivity index (χ4v) is 3.73. The van der Waals surface area contributed by atoms with Gasteiger partial charge in [-0.25, -0.2) is 0 Å². The number of hydrogen-bond acceptors (Lipinski definition) is 2. The molecule has 1 aliphatic rings. The zero-order valence-electron chi connectivity index (χ0n) is 13.1. The van der Waals surface area contributed by atoms with Gasteiger partial charge in [-0.3, -0.25) is 4.68 Å². The molecule has 20 heavy (non-hydrogen) atoms. The second-order valence-corrected chi connectivity index (χ2v) is 6.48. The van der Waals surface area contributed by atoms with Gasteiger partial charge in [-0.15, -0.1) is 0 Å². The Kier molecular flexibility index (Phi) is 5.91. The van der Waals surface area contributed by atoms with E-state index in [4.69, 9.17) is 11.6 Å². The SMILES string of the molecule is CCc1nn(C)c(CC(CCC2CCCC2)NC)c1Cl. The van der Waals surface area contributed by atoms with E-state index < -0.39 is 0 Å². The smallest absolute Gasteiger partial charge is 0.0850 e. The number of rotatable bonds is 7. The number of likely N-dealkylation sites (N-methyl/N-ethyl adjacent to an activating group) is 1. The fourth-order valence-electron chi connectivity index (χ4n) is 3.36. The van der Waals surface area contributed by atoms with Crippen LogP contribution in [-0.4, -0.2) is 22.9 Å². The summed E-state index contributed by atoms with van der Waals surface area (Å²) in [4.78, 5) is 0. The van der Waals surface area contributed by atoms with Crippen molar-refractivity contribution in [2.24, 2.45) is 13.0 Å². The van der Waals surface area contributed by atoms with Crippen LogP contribution in [0.15, 0.2) is 0 Å². The van der Waals surface area contributed by atoms with Gasteiger partial charge < -0.3 is 5.32 Å². The Hall–Kier alpha value is -0.540. The van der Waals surface area contributed by atoms with Gasteiger partial charge >= 0.3 is 0 Å². The molecule has 0 bridgehead atoms. The van der Waals surface area contributed by atoms with E-state index >= 15 is 0 Å². The molecule has 1 unspecified atom stereocenters. The van der Waals surface area contributed by atoms with Crippen molar-refractivity contribution in [2.75, 3.05) is 7.05 Å². The van der Waals surface area contributed by atoms with Crippen molar-refractivity contribution in [1.82, 2.24) is 15.1 Å². The zero-order chi connectivity index (χ0) is 14.5. The molecule has 1 aromatic heterocycles. The second-order valence-electron chi connectivity index (χ2n) is 6.10. The highest BCUT2D eigenvalue weighted by molar-refractivity contribution is 6.31. The van der Waals surface area contributed by atoms with Crippen LogP contribution in [0.5, 0.6) is 0 Å². The summed E-state index contributed by atoms with van der Waals surface area (Å²) in [7, 11) is 4.06. The summed E-state index contributed by atoms with van der Waals surface area (Å²) in [5.41, 5.74) is 2.20. The lowest BCUT2D eigenvalue weighted by Crippen LogP contribution is -2.29. The van der Waals surface area contributed by atoms with Gasteiger partial charge in [0, 0.05) is 19.5 Å². The van der Waals surface area contributed by atoms with E-state index in [0.717, 1.165) is 29.5 Å². The van der Waals surface area contributed by atoms with Crippen molar-refractivity contribution in [3.8, 4) is 0 Å². The maximum absolute atomic E-state index is 6.45. The van der Waals surface area contributed by atoms with Gasteiger partial charge in [0.05, 0.1) is 16.4 Å². The molecule has 1 atom stereocenters. The predicted molar refractivity (Wildman–Crippen MR) is 85.3 cm³/mol. The molecular formula is C16H28ClN3. The van der Waals surface area contributed by atoms with Gasteiger partial charge in [0.15, 0.2) is 0 Å². The van der Waals surface area contributed by atoms with Crippen LogP contribution in [0, 0.1) is 5.92 Å². The molecule has 114 valence electrons. The molecule has 0 spiro atoms. The highest BCUT2D eigenvalue weighted by atomic mass is 35.5. The third kappa shape index (κ3) is 3.76. The number of aromatic nitrogens is 2. The summed E-state index contributed by atoms with van der Waals surface area (Å²) in [6, 6.07) is 0.508. The van der Waals surface area contributed by atoms with E-state index in [1.165, 1.54) is 44.2 Å². The van der Waals surface area contributed by atoms with Crippen molar-refractivity contribution in [2.45, 2.75) is 64.3 Å². The van der Waals surface area contributed by atoms with Gasteiger partial charge in [-0.05, 0) is 32.2 Å². The monoisotopic (exact) mass is 297 g/mol. The molecule has 1 saturated carbocycles. The Bertz CT molecular complexity index is 422. The molecule has 0 aromatic carbocycles. The number of nitrogens with zero attached hydrogens (tertiary/aromatic N) is 2. The minimum Gasteiger partial charge on any atom is -0.317 e. The topological polar surface area (TPSA) is 29.9 Å². The molecule has 0 aliphatic heterocycles. The first-order valence-electron chi connectivity index (χ1n) is 8.03. The minimum absolute atomic E-state index is 0.508. The van der Waals surface area contributed by atoms with E-state index in [-0.39, 0.29) is 0 Å². The van der Waals surface area contributed by atoms with Gasteiger partial charge in [0.25, 0.3) is 0 Å². The predicted octanol–water partition coefficient (Wildman–Crippen LogP) is 3.74. The quantitative estimate of drug-likeness (QED) is 0.831. The fraction of sp³-hybridized carbons (Fsp3) is 0.812. The Balaban J connectivity index is 1.93. The highest BCUT2D eigenvalue weighted by Gasteiger charge is 2.20. The molecule has 1 aromatic rings. The van der Waals surface area contributed by atoms with E-state index in [9.17, 15) is 0 Å². The maximum Gasteiger partial charge on any atom is 0.0850 e. The molecule has 2 rings (SSSR count). The summed E-state index contributed by atoms with van der Waals surface area (Å²) < 4.78 is 1.96. The molecule has 1 fully saturated rings. The van der Waals surface area contributed by atoms with Crippen LogP contribution in [0.4, 0.5) is 0 Å². The standard InChI is InChI=1S/C16H28ClN3/c1-4-14-16(17)15(20(3)19-14)11-13(18-2)10-9-12-7-5-6-8-12/h12-13,18H,4-11H2,1-3H3. The van der Waals surface area contributed by atoms with Crippen molar-refractivity contribution < 1.29 is 0 Å². The molecule has 1 aliphatic carbocycles. The lowest BCUT2D eigenvalue weighted by atomic mass is 9.96.